The summed E-state index contributed by atoms with van der Waals surface area (Å²) in [5, 5.41) is 3.51. The summed E-state index contributed by atoms with van der Waals surface area (Å²) >= 11 is 1.49. The van der Waals surface area contributed by atoms with Gasteiger partial charge in [-0.05, 0) is 56.4 Å². The highest BCUT2D eigenvalue weighted by Crippen LogP contribution is 2.26. The zero-order chi connectivity index (χ0) is 24.4. The Balaban J connectivity index is 1.25. The topological polar surface area (TPSA) is 95.2 Å². The van der Waals surface area contributed by atoms with Gasteiger partial charge in [-0.2, -0.15) is 0 Å². The Kier molecular flexibility index (Phi) is 7.11. The van der Waals surface area contributed by atoms with Crippen LogP contribution < -0.4 is 10.9 Å². The molecule has 0 unspecified atom stereocenters. The van der Waals surface area contributed by atoms with E-state index in [1.54, 1.807) is 24.0 Å². The molecule has 2 N–H and O–H groups in total. The number of halogens is 1. The van der Waals surface area contributed by atoms with Crippen LogP contribution in [0.5, 0.6) is 0 Å². The first kappa shape index (κ1) is 24.1. The maximum Gasteiger partial charge on any atom is 0.259 e. The molecule has 1 aromatic carbocycles. The Morgan fingerprint density at radius 1 is 1.24 bits per heavy atom. The second-order valence-corrected chi connectivity index (χ2v) is 10.1. The first-order valence-electron chi connectivity index (χ1n) is 11.5. The van der Waals surface area contributed by atoms with Crippen LogP contribution in [0.25, 0.3) is 10.2 Å². The highest BCUT2D eigenvalue weighted by atomic mass is 32.1. The van der Waals surface area contributed by atoms with Crippen molar-refractivity contribution in [1.29, 1.82) is 0 Å². The van der Waals surface area contributed by atoms with Crippen LogP contribution in [-0.2, 0) is 22.6 Å². The lowest BCUT2D eigenvalue weighted by Crippen LogP contribution is -2.43. The average molecular weight is 485 g/mol. The minimum Gasteiger partial charge on any atom is -0.352 e. The van der Waals surface area contributed by atoms with E-state index in [2.05, 4.69) is 15.3 Å². The van der Waals surface area contributed by atoms with Crippen LogP contribution in [0.4, 0.5) is 4.39 Å². The molecule has 2 amide bonds. The summed E-state index contributed by atoms with van der Waals surface area (Å²) in [6.45, 7) is 6.91. The number of likely N-dealkylation sites (tertiary alicyclic amines) is 1. The summed E-state index contributed by atoms with van der Waals surface area (Å²) < 4.78 is 13.7. The molecule has 2 aromatic heterocycles. The third kappa shape index (κ3) is 5.19. The fourth-order valence-electron chi connectivity index (χ4n) is 4.27. The summed E-state index contributed by atoms with van der Waals surface area (Å²) in [7, 11) is 0. The van der Waals surface area contributed by atoms with Crippen LogP contribution in [-0.4, -0.2) is 39.8 Å². The van der Waals surface area contributed by atoms with Gasteiger partial charge in [0.25, 0.3) is 5.56 Å². The Hall–Kier alpha value is -3.07. The number of nitrogens with zero attached hydrogens (tertiary/aromatic N) is 2. The fraction of sp³-hybridized carbons (Fsp3) is 0.440. The van der Waals surface area contributed by atoms with Crippen molar-refractivity contribution in [3.8, 4) is 0 Å². The highest BCUT2D eigenvalue weighted by Gasteiger charge is 2.27. The number of nitrogens with one attached hydrogen (secondary N) is 2. The molecule has 1 fully saturated rings. The molecule has 0 saturated carbocycles. The molecule has 1 aliphatic rings. The van der Waals surface area contributed by atoms with Gasteiger partial charge in [-0.15, -0.1) is 11.3 Å². The third-order valence-corrected chi connectivity index (χ3v) is 7.69. The lowest BCUT2D eigenvalue weighted by atomic mass is 9.95. The van der Waals surface area contributed by atoms with E-state index < -0.39 is 0 Å². The summed E-state index contributed by atoms with van der Waals surface area (Å²) in [6.07, 6.45) is 1.81. The number of aromatic amines is 1. The fourth-order valence-corrected chi connectivity index (χ4v) is 5.32. The molecular weight excluding hydrogens is 455 g/mol. The number of H-pyrrole nitrogens is 1. The van der Waals surface area contributed by atoms with Crippen molar-refractivity contribution in [3.05, 3.63) is 61.8 Å². The maximum absolute atomic E-state index is 13.7. The molecule has 180 valence electrons. The van der Waals surface area contributed by atoms with Gasteiger partial charge in [-0.25, -0.2) is 9.37 Å². The summed E-state index contributed by atoms with van der Waals surface area (Å²) in [6, 6.07) is 4.95. The first-order chi connectivity index (χ1) is 16.2. The molecule has 0 spiro atoms. The quantitative estimate of drug-likeness (QED) is 0.560. The van der Waals surface area contributed by atoms with Crippen LogP contribution in [0.2, 0.25) is 0 Å². The molecule has 0 radical (unpaired) electrons. The van der Waals surface area contributed by atoms with E-state index in [-0.39, 0.29) is 42.1 Å². The molecule has 1 aliphatic heterocycles. The van der Waals surface area contributed by atoms with Crippen LogP contribution in [0.15, 0.2) is 23.0 Å². The van der Waals surface area contributed by atoms with Crippen molar-refractivity contribution in [2.45, 2.75) is 53.0 Å². The molecular formula is C25H29FN4O3S. The van der Waals surface area contributed by atoms with Gasteiger partial charge in [0, 0.05) is 43.3 Å². The largest absolute Gasteiger partial charge is 0.352 e. The number of aryl methyl sites for hydroxylation is 4. The van der Waals surface area contributed by atoms with Gasteiger partial charge in [0.2, 0.25) is 11.8 Å². The molecule has 0 atom stereocenters. The smallest absolute Gasteiger partial charge is 0.259 e. The van der Waals surface area contributed by atoms with Crippen molar-refractivity contribution in [2.75, 3.05) is 13.1 Å². The Labute approximate surface area is 201 Å². The van der Waals surface area contributed by atoms with Crippen molar-refractivity contribution in [1.82, 2.24) is 20.2 Å². The number of piperidine rings is 1. The van der Waals surface area contributed by atoms with Gasteiger partial charge in [-0.3, -0.25) is 14.4 Å². The van der Waals surface area contributed by atoms with E-state index in [0.29, 0.717) is 54.0 Å². The number of carbonyl (C=O) groups is 2. The number of fused-ring (bicyclic) bond motifs is 1. The van der Waals surface area contributed by atoms with Gasteiger partial charge in [0.05, 0.1) is 5.39 Å². The lowest BCUT2D eigenvalue weighted by molar-refractivity contribution is -0.135. The number of hydrogen-bond acceptors (Lipinski definition) is 5. The number of thiophene rings is 1. The summed E-state index contributed by atoms with van der Waals surface area (Å²) in [5.74, 6) is 0.0114. The van der Waals surface area contributed by atoms with E-state index in [1.165, 1.54) is 17.4 Å². The number of rotatable bonds is 6. The van der Waals surface area contributed by atoms with Crippen LogP contribution in [0.3, 0.4) is 0 Å². The number of aromatic nitrogens is 2. The standard InChI is InChI=1S/C25H29FN4O3S/c1-14-4-5-17(12-19(14)26)13-27-23(32)18-8-10-30(11-9-18)21(31)7-6-20-28-24(33)22-15(2)16(3)34-25(22)29-20/h4-5,12,18H,6-11,13H2,1-3H3,(H,27,32)(H,28,29,33). The second-order valence-electron chi connectivity index (χ2n) is 8.93. The second kappa shape index (κ2) is 10.0. The number of carbonyl (C=O) groups excluding carboxylic acids is 2. The Bertz CT molecular complexity index is 1290. The zero-order valence-electron chi connectivity index (χ0n) is 19.7. The van der Waals surface area contributed by atoms with Gasteiger partial charge in [0.15, 0.2) is 0 Å². The SMILES string of the molecule is Cc1ccc(CNC(=O)C2CCN(C(=O)CCc3nc4sc(C)c(C)c4c(=O)[nH]3)CC2)cc1F. The third-order valence-electron chi connectivity index (χ3n) is 6.59. The van der Waals surface area contributed by atoms with E-state index in [4.69, 9.17) is 0 Å². The van der Waals surface area contributed by atoms with Crippen molar-refractivity contribution >= 4 is 33.4 Å². The Morgan fingerprint density at radius 3 is 2.68 bits per heavy atom. The predicted molar refractivity (Wildman–Crippen MR) is 130 cm³/mol. The van der Waals surface area contributed by atoms with Gasteiger partial charge < -0.3 is 15.2 Å². The minimum absolute atomic E-state index is 0.00437. The molecule has 9 heteroatoms. The van der Waals surface area contributed by atoms with Gasteiger partial charge in [0.1, 0.15) is 16.5 Å². The molecule has 4 rings (SSSR count). The van der Waals surface area contributed by atoms with E-state index in [9.17, 15) is 18.8 Å². The molecule has 3 aromatic rings. The molecule has 0 aliphatic carbocycles. The summed E-state index contributed by atoms with van der Waals surface area (Å²) in [4.78, 5) is 48.5. The predicted octanol–water partition coefficient (Wildman–Crippen LogP) is 3.54. The average Bonchev–Trinajstić information content (AvgIpc) is 3.11. The number of amides is 2. The highest BCUT2D eigenvalue weighted by molar-refractivity contribution is 7.18. The van der Waals surface area contributed by atoms with Crippen LogP contribution >= 0.6 is 11.3 Å². The molecule has 0 bridgehead atoms. The van der Waals surface area contributed by atoms with Crippen LogP contribution in [0.1, 0.15) is 46.7 Å². The van der Waals surface area contributed by atoms with E-state index in [0.717, 1.165) is 16.0 Å². The van der Waals surface area contributed by atoms with Crippen molar-refractivity contribution in [3.63, 3.8) is 0 Å². The minimum atomic E-state index is -0.279. The molecule has 3 heterocycles. The summed E-state index contributed by atoms with van der Waals surface area (Å²) in [5.41, 5.74) is 2.09. The lowest BCUT2D eigenvalue weighted by Gasteiger charge is -2.31. The Morgan fingerprint density at radius 2 is 1.97 bits per heavy atom. The maximum atomic E-state index is 13.7. The van der Waals surface area contributed by atoms with Crippen molar-refractivity contribution in [2.24, 2.45) is 5.92 Å². The van der Waals surface area contributed by atoms with Gasteiger partial charge in [-0.1, -0.05) is 12.1 Å². The zero-order valence-corrected chi connectivity index (χ0v) is 20.5. The van der Waals surface area contributed by atoms with Gasteiger partial charge >= 0.3 is 0 Å². The number of benzene rings is 1. The van der Waals surface area contributed by atoms with E-state index in [1.807, 2.05) is 13.8 Å². The first-order valence-corrected chi connectivity index (χ1v) is 12.3. The molecule has 1 saturated heterocycles. The molecule has 34 heavy (non-hydrogen) atoms. The van der Waals surface area contributed by atoms with E-state index >= 15 is 0 Å². The monoisotopic (exact) mass is 484 g/mol. The normalized spacial score (nSPS) is 14.5. The number of hydrogen-bond donors (Lipinski definition) is 2. The van der Waals surface area contributed by atoms with Crippen LogP contribution in [0, 0.1) is 32.5 Å². The molecule has 7 nitrogen and oxygen atoms in total. The van der Waals surface area contributed by atoms with Crippen molar-refractivity contribution < 1.29 is 14.0 Å².